The second-order valence-electron chi connectivity index (χ2n) is 5.84. The fraction of sp³-hybridized carbons (Fsp3) is 0.222. The Hall–Kier alpha value is -3.22. The summed E-state index contributed by atoms with van der Waals surface area (Å²) in [7, 11) is 0. The van der Waals surface area contributed by atoms with Gasteiger partial charge in [0.25, 0.3) is 11.8 Å². The molecular weight excluding hydrogens is 324 g/mol. The number of amides is 2. The van der Waals surface area contributed by atoms with Crippen LogP contribution in [-0.4, -0.2) is 63.1 Å². The number of rotatable bonds is 2. The highest BCUT2D eigenvalue weighted by molar-refractivity contribution is 5.97. The second-order valence-corrected chi connectivity index (χ2v) is 5.84. The Bertz CT molecular complexity index is 793. The van der Waals surface area contributed by atoms with Gasteiger partial charge in [-0.3, -0.25) is 9.59 Å². The normalized spacial score (nSPS) is 14.4. The lowest BCUT2D eigenvalue weighted by atomic mass is 10.1. The molecule has 2 amide bonds. The predicted octanol–water partition coefficient (Wildman–Crippen LogP) is 1.40. The molecule has 1 saturated heterocycles. The lowest BCUT2D eigenvalue weighted by molar-refractivity contribution is 0.0533. The average Bonchev–Trinajstić information content (AvgIpc) is 2.60. The van der Waals surface area contributed by atoms with Gasteiger partial charge in [-0.2, -0.15) is 0 Å². The van der Waals surface area contributed by atoms with Crippen molar-refractivity contribution in [3.05, 3.63) is 53.6 Å². The van der Waals surface area contributed by atoms with Gasteiger partial charge in [0.15, 0.2) is 0 Å². The van der Waals surface area contributed by atoms with Gasteiger partial charge in [0.2, 0.25) is 0 Å². The van der Waals surface area contributed by atoms with Crippen LogP contribution in [0.5, 0.6) is 17.2 Å². The molecule has 2 aromatic carbocycles. The summed E-state index contributed by atoms with van der Waals surface area (Å²) in [6, 6.07) is 10.1. The molecule has 0 bridgehead atoms. The number of carbonyl (C=O) groups excluding carboxylic acids is 2. The molecule has 0 aromatic heterocycles. The number of carbonyl (C=O) groups is 2. The average molecular weight is 342 g/mol. The van der Waals surface area contributed by atoms with Crippen LogP contribution in [0, 0.1) is 0 Å². The van der Waals surface area contributed by atoms with Crippen LogP contribution in [0.4, 0.5) is 0 Å². The standard InChI is InChI=1S/C18H18N2O5/c21-13-9-12(10-14(22)11-13)17(24)19-5-7-20(8-6-19)18(25)15-3-1-2-4-16(15)23/h1-4,9-11,21-23H,5-8H2. The first kappa shape index (κ1) is 16.6. The molecule has 25 heavy (non-hydrogen) atoms. The Labute approximate surface area is 144 Å². The Morgan fingerprint density at radius 3 is 1.84 bits per heavy atom. The molecule has 7 nitrogen and oxygen atoms in total. The minimum Gasteiger partial charge on any atom is -0.508 e. The van der Waals surface area contributed by atoms with E-state index in [4.69, 9.17) is 0 Å². The van der Waals surface area contributed by atoms with E-state index in [1.54, 1.807) is 28.0 Å². The second kappa shape index (κ2) is 6.72. The lowest BCUT2D eigenvalue weighted by Crippen LogP contribution is -2.50. The lowest BCUT2D eigenvalue weighted by Gasteiger charge is -2.35. The molecule has 0 saturated carbocycles. The Kier molecular flexibility index (Phi) is 4.47. The molecule has 3 N–H and O–H groups in total. The van der Waals surface area contributed by atoms with Crippen molar-refractivity contribution in [3.63, 3.8) is 0 Å². The molecule has 1 aliphatic rings. The van der Waals surface area contributed by atoms with Crippen molar-refractivity contribution in [2.24, 2.45) is 0 Å². The summed E-state index contributed by atoms with van der Waals surface area (Å²) in [5.74, 6) is -1.03. The van der Waals surface area contributed by atoms with Gasteiger partial charge in [0.05, 0.1) is 5.56 Å². The maximum Gasteiger partial charge on any atom is 0.257 e. The quantitative estimate of drug-likeness (QED) is 0.766. The summed E-state index contributed by atoms with van der Waals surface area (Å²) in [6.45, 7) is 1.33. The van der Waals surface area contributed by atoms with Gasteiger partial charge in [0.1, 0.15) is 17.2 Å². The largest absolute Gasteiger partial charge is 0.508 e. The predicted molar refractivity (Wildman–Crippen MR) is 89.7 cm³/mol. The van der Waals surface area contributed by atoms with E-state index < -0.39 is 0 Å². The molecule has 3 rings (SSSR count). The highest BCUT2D eigenvalue weighted by Gasteiger charge is 2.26. The number of phenols is 3. The number of para-hydroxylation sites is 1. The van der Waals surface area contributed by atoms with E-state index in [-0.39, 0.29) is 40.2 Å². The molecule has 1 fully saturated rings. The summed E-state index contributed by atoms with van der Waals surface area (Å²) >= 11 is 0. The summed E-state index contributed by atoms with van der Waals surface area (Å²) in [5, 5.41) is 28.8. The van der Waals surface area contributed by atoms with Crippen molar-refractivity contribution in [1.29, 1.82) is 0 Å². The molecule has 1 aliphatic heterocycles. The van der Waals surface area contributed by atoms with Crippen molar-refractivity contribution < 1.29 is 24.9 Å². The van der Waals surface area contributed by atoms with E-state index in [1.165, 1.54) is 18.2 Å². The number of hydrogen-bond acceptors (Lipinski definition) is 5. The Morgan fingerprint density at radius 2 is 1.28 bits per heavy atom. The van der Waals surface area contributed by atoms with Crippen LogP contribution < -0.4 is 0 Å². The van der Waals surface area contributed by atoms with Crippen LogP contribution in [-0.2, 0) is 0 Å². The van der Waals surface area contributed by atoms with Gasteiger partial charge in [-0.25, -0.2) is 0 Å². The molecule has 0 unspecified atom stereocenters. The minimum absolute atomic E-state index is 0.0683. The molecule has 0 atom stereocenters. The zero-order valence-electron chi connectivity index (χ0n) is 13.4. The van der Waals surface area contributed by atoms with Gasteiger partial charge in [0, 0.05) is 37.8 Å². The van der Waals surface area contributed by atoms with Crippen LogP contribution in [0.1, 0.15) is 20.7 Å². The molecule has 0 spiro atoms. The SMILES string of the molecule is O=C(c1cc(O)cc(O)c1)N1CCN(C(=O)c2ccccc2O)CC1. The Morgan fingerprint density at radius 1 is 0.760 bits per heavy atom. The summed E-state index contributed by atoms with van der Waals surface area (Å²) < 4.78 is 0. The maximum absolute atomic E-state index is 12.5. The molecule has 0 radical (unpaired) electrons. The fourth-order valence-corrected chi connectivity index (χ4v) is 2.84. The molecule has 0 aliphatic carbocycles. The van der Waals surface area contributed by atoms with Gasteiger partial charge >= 0.3 is 0 Å². The van der Waals surface area contributed by atoms with Crippen LogP contribution in [0.15, 0.2) is 42.5 Å². The van der Waals surface area contributed by atoms with Crippen molar-refractivity contribution in [2.75, 3.05) is 26.2 Å². The third-order valence-corrected chi connectivity index (χ3v) is 4.14. The number of benzene rings is 2. The molecule has 2 aromatic rings. The highest BCUT2D eigenvalue weighted by atomic mass is 16.3. The monoisotopic (exact) mass is 342 g/mol. The maximum atomic E-state index is 12.5. The number of phenolic OH excluding ortho intramolecular Hbond substituents is 3. The van der Waals surface area contributed by atoms with Gasteiger partial charge in [-0.15, -0.1) is 0 Å². The zero-order chi connectivity index (χ0) is 18.0. The fourth-order valence-electron chi connectivity index (χ4n) is 2.84. The van der Waals surface area contributed by atoms with Crippen LogP contribution in [0.2, 0.25) is 0 Å². The van der Waals surface area contributed by atoms with E-state index in [0.29, 0.717) is 26.2 Å². The van der Waals surface area contributed by atoms with E-state index in [1.807, 2.05) is 0 Å². The minimum atomic E-state index is -0.319. The third-order valence-electron chi connectivity index (χ3n) is 4.14. The summed E-state index contributed by atoms with van der Waals surface area (Å²) in [4.78, 5) is 28.1. The van der Waals surface area contributed by atoms with Crippen LogP contribution >= 0.6 is 0 Å². The topological polar surface area (TPSA) is 101 Å². The van der Waals surface area contributed by atoms with Crippen molar-refractivity contribution in [1.82, 2.24) is 9.80 Å². The molecular formula is C18H18N2O5. The van der Waals surface area contributed by atoms with Gasteiger partial charge < -0.3 is 25.1 Å². The van der Waals surface area contributed by atoms with E-state index in [0.717, 1.165) is 6.07 Å². The summed E-state index contributed by atoms with van der Waals surface area (Å²) in [5.41, 5.74) is 0.429. The smallest absolute Gasteiger partial charge is 0.257 e. The number of piperazine rings is 1. The van der Waals surface area contributed by atoms with Crippen LogP contribution in [0.3, 0.4) is 0 Å². The number of aromatic hydroxyl groups is 3. The highest BCUT2D eigenvalue weighted by Crippen LogP contribution is 2.23. The van der Waals surface area contributed by atoms with Crippen molar-refractivity contribution in [2.45, 2.75) is 0 Å². The first-order valence-corrected chi connectivity index (χ1v) is 7.85. The van der Waals surface area contributed by atoms with Gasteiger partial charge in [-0.05, 0) is 24.3 Å². The van der Waals surface area contributed by atoms with E-state index >= 15 is 0 Å². The van der Waals surface area contributed by atoms with Gasteiger partial charge in [-0.1, -0.05) is 12.1 Å². The summed E-state index contributed by atoms with van der Waals surface area (Å²) in [6.07, 6.45) is 0. The van der Waals surface area contributed by atoms with E-state index in [2.05, 4.69) is 0 Å². The first-order chi connectivity index (χ1) is 12.0. The van der Waals surface area contributed by atoms with Crippen molar-refractivity contribution >= 4 is 11.8 Å². The van der Waals surface area contributed by atoms with E-state index in [9.17, 15) is 24.9 Å². The third kappa shape index (κ3) is 3.50. The zero-order valence-corrected chi connectivity index (χ0v) is 13.4. The Balaban J connectivity index is 1.66. The number of nitrogens with zero attached hydrogens (tertiary/aromatic N) is 2. The number of hydrogen-bond donors (Lipinski definition) is 3. The molecule has 130 valence electrons. The van der Waals surface area contributed by atoms with Crippen LogP contribution in [0.25, 0.3) is 0 Å². The molecule has 7 heteroatoms. The molecule has 1 heterocycles. The van der Waals surface area contributed by atoms with Crippen molar-refractivity contribution in [3.8, 4) is 17.2 Å². The first-order valence-electron chi connectivity index (χ1n) is 7.85.